The topological polar surface area (TPSA) is 65.7 Å². The summed E-state index contributed by atoms with van der Waals surface area (Å²) in [7, 11) is 0. The molecule has 0 aliphatic heterocycles. The largest absolute Gasteiger partial charge is 0.417 e. The molecule has 1 aromatic heterocycles. The summed E-state index contributed by atoms with van der Waals surface area (Å²) >= 11 is 7.28. The van der Waals surface area contributed by atoms with E-state index >= 15 is 0 Å². The molecule has 2 aromatic carbocycles. The van der Waals surface area contributed by atoms with Gasteiger partial charge in [-0.25, -0.2) is 9.18 Å². The number of halogens is 6. The van der Waals surface area contributed by atoms with Crippen molar-refractivity contribution in [3.8, 4) is 11.1 Å². The van der Waals surface area contributed by atoms with Gasteiger partial charge in [-0.05, 0) is 46.4 Å². The van der Waals surface area contributed by atoms with Crippen LogP contribution in [0.15, 0.2) is 33.9 Å². The molecule has 10 heteroatoms. The van der Waals surface area contributed by atoms with Crippen LogP contribution < -0.4 is 11.2 Å². The Hall–Kier alpha value is -1.88. The van der Waals surface area contributed by atoms with E-state index in [1.165, 1.54) is 0 Å². The van der Waals surface area contributed by atoms with Crippen molar-refractivity contribution in [1.82, 2.24) is 9.97 Å². The lowest BCUT2D eigenvalue weighted by atomic mass is 9.97. The zero-order valence-corrected chi connectivity index (χ0v) is 14.8. The Morgan fingerprint density at radius 1 is 1.08 bits per heavy atom. The van der Waals surface area contributed by atoms with Crippen LogP contribution in [0.5, 0.6) is 0 Å². The van der Waals surface area contributed by atoms with E-state index < -0.39 is 28.8 Å². The smallest absolute Gasteiger partial charge is 0.306 e. The van der Waals surface area contributed by atoms with Crippen LogP contribution in [0.4, 0.5) is 17.6 Å². The number of fused-ring (bicyclic) bond motifs is 1. The Morgan fingerprint density at radius 2 is 1.76 bits per heavy atom. The molecule has 1 heterocycles. The van der Waals surface area contributed by atoms with Gasteiger partial charge < -0.3 is 4.98 Å². The fraction of sp³-hybridized carbons (Fsp3) is 0.0667. The molecule has 25 heavy (non-hydrogen) atoms. The molecule has 0 aliphatic carbocycles. The van der Waals surface area contributed by atoms with Gasteiger partial charge in [0.2, 0.25) is 0 Å². The van der Waals surface area contributed by atoms with Gasteiger partial charge in [0.25, 0.3) is 5.56 Å². The van der Waals surface area contributed by atoms with E-state index in [1.807, 2.05) is 4.98 Å². The molecule has 0 amide bonds. The zero-order valence-electron chi connectivity index (χ0n) is 11.9. The number of benzene rings is 2. The molecular formula is C15H6ClF4IN2O2. The van der Waals surface area contributed by atoms with Crippen molar-refractivity contribution in [1.29, 1.82) is 0 Å². The number of aromatic amines is 2. The molecule has 3 aromatic rings. The Kier molecular flexibility index (Phi) is 4.40. The molecule has 4 nitrogen and oxygen atoms in total. The fourth-order valence-corrected chi connectivity index (χ4v) is 3.63. The van der Waals surface area contributed by atoms with Gasteiger partial charge in [-0.3, -0.25) is 9.78 Å². The molecule has 0 atom stereocenters. The van der Waals surface area contributed by atoms with Gasteiger partial charge in [-0.2, -0.15) is 13.2 Å². The van der Waals surface area contributed by atoms with Crippen molar-refractivity contribution in [2.24, 2.45) is 0 Å². The SMILES string of the molecule is O=c1[nH]c(=O)c2cc(C(F)(F)F)c(-c3ccc(F)c(Cl)c3)c(I)c2[nH]1. The van der Waals surface area contributed by atoms with Crippen LogP contribution in [0, 0.1) is 9.39 Å². The van der Waals surface area contributed by atoms with Crippen molar-refractivity contribution in [3.63, 3.8) is 0 Å². The van der Waals surface area contributed by atoms with Crippen LogP contribution in [0.3, 0.4) is 0 Å². The second-order valence-electron chi connectivity index (χ2n) is 5.07. The summed E-state index contributed by atoms with van der Waals surface area (Å²) in [5.74, 6) is -0.778. The molecule has 0 unspecified atom stereocenters. The van der Waals surface area contributed by atoms with Crippen molar-refractivity contribution in [3.05, 3.63) is 65.1 Å². The summed E-state index contributed by atoms with van der Waals surface area (Å²) < 4.78 is 54.0. The quantitative estimate of drug-likeness (QED) is 0.400. The highest BCUT2D eigenvalue weighted by atomic mass is 127. The summed E-state index contributed by atoms with van der Waals surface area (Å²) in [6.45, 7) is 0. The molecule has 0 spiro atoms. The molecule has 0 saturated carbocycles. The summed E-state index contributed by atoms with van der Waals surface area (Å²) in [6.07, 6.45) is -4.78. The summed E-state index contributed by atoms with van der Waals surface area (Å²) in [5.41, 5.74) is -3.22. The second kappa shape index (κ2) is 6.13. The number of rotatable bonds is 1. The standard InChI is InChI=1S/C15H6ClF4IN2O2/c16-8-3-5(1-2-9(8)17)10-7(15(18,19)20)4-6-12(11(10)21)22-14(25)23-13(6)24/h1-4H,(H2,22,23,24,25). The molecule has 0 saturated heterocycles. The van der Waals surface area contributed by atoms with E-state index in [0.29, 0.717) is 6.07 Å². The number of nitrogens with one attached hydrogen (secondary N) is 2. The maximum Gasteiger partial charge on any atom is 0.417 e. The Morgan fingerprint density at radius 3 is 2.36 bits per heavy atom. The van der Waals surface area contributed by atoms with Crippen LogP contribution in [0.2, 0.25) is 5.02 Å². The first kappa shape index (κ1) is 17.9. The molecule has 0 fully saturated rings. The third-order valence-corrected chi connectivity index (χ3v) is 4.86. The lowest BCUT2D eigenvalue weighted by Crippen LogP contribution is -2.23. The van der Waals surface area contributed by atoms with Gasteiger partial charge in [0.1, 0.15) is 5.82 Å². The number of aromatic nitrogens is 2. The number of alkyl halides is 3. The van der Waals surface area contributed by atoms with Crippen LogP contribution in [0.25, 0.3) is 22.0 Å². The first-order valence-corrected chi connectivity index (χ1v) is 8.06. The van der Waals surface area contributed by atoms with E-state index in [0.717, 1.165) is 18.2 Å². The number of H-pyrrole nitrogens is 2. The molecule has 0 radical (unpaired) electrons. The summed E-state index contributed by atoms with van der Waals surface area (Å²) in [4.78, 5) is 27.5. The van der Waals surface area contributed by atoms with Gasteiger partial charge in [0, 0.05) is 9.13 Å². The van der Waals surface area contributed by atoms with Crippen molar-refractivity contribution in [2.75, 3.05) is 0 Å². The highest BCUT2D eigenvalue weighted by Crippen LogP contribution is 2.42. The van der Waals surface area contributed by atoms with E-state index in [1.54, 1.807) is 22.6 Å². The van der Waals surface area contributed by atoms with Gasteiger partial charge in [-0.1, -0.05) is 17.7 Å². The maximum atomic E-state index is 13.5. The Bertz CT molecular complexity index is 1120. The average Bonchev–Trinajstić information content (AvgIpc) is 2.50. The highest BCUT2D eigenvalue weighted by Gasteiger charge is 2.36. The predicted molar refractivity (Wildman–Crippen MR) is 93.3 cm³/mol. The second-order valence-corrected chi connectivity index (χ2v) is 6.56. The molecule has 3 rings (SSSR count). The monoisotopic (exact) mass is 484 g/mol. The number of hydrogen-bond acceptors (Lipinski definition) is 2. The first-order chi connectivity index (χ1) is 11.6. The lowest BCUT2D eigenvalue weighted by Gasteiger charge is -2.17. The third kappa shape index (κ3) is 3.17. The Balaban J connectivity index is 2.51. The molecular weight excluding hydrogens is 479 g/mol. The van der Waals surface area contributed by atoms with Crippen LogP contribution in [-0.4, -0.2) is 9.97 Å². The normalized spacial score (nSPS) is 11.9. The minimum atomic E-state index is -4.78. The lowest BCUT2D eigenvalue weighted by molar-refractivity contribution is -0.137. The fourth-order valence-electron chi connectivity index (χ4n) is 2.42. The van der Waals surface area contributed by atoms with Crippen LogP contribution >= 0.6 is 34.2 Å². The van der Waals surface area contributed by atoms with Crippen molar-refractivity contribution < 1.29 is 17.6 Å². The Labute approximate surface area is 155 Å². The van der Waals surface area contributed by atoms with E-state index in [4.69, 9.17) is 11.6 Å². The van der Waals surface area contributed by atoms with Gasteiger partial charge in [0.15, 0.2) is 0 Å². The predicted octanol–water partition coefficient (Wildman–Crippen LogP) is 4.30. The highest BCUT2D eigenvalue weighted by molar-refractivity contribution is 14.1. The van der Waals surface area contributed by atoms with Gasteiger partial charge >= 0.3 is 11.9 Å². The van der Waals surface area contributed by atoms with Crippen LogP contribution in [0.1, 0.15) is 5.56 Å². The summed E-state index contributed by atoms with van der Waals surface area (Å²) in [6, 6.07) is 3.79. The van der Waals surface area contributed by atoms with E-state index in [2.05, 4.69) is 4.98 Å². The maximum absolute atomic E-state index is 13.5. The third-order valence-electron chi connectivity index (χ3n) is 3.49. The van der Waals surface area contributed by atoms with E-state index in [-0.39, 0.29) is 30.6 Å². The molecule has 0 aliphatic rings. The van der Waals surface area contributed by atoms with Crippen molar-refractivity contribution in [2.45, 2.75) is 6.18 Å². The molecule has 2 N–H and O–H groups in total. The first-order valence-electron chi connectivity index (χ1n) is 6.61. The van der Waals surface area contributed by atoms with Gasteiger partial charge in [-0.15, -0.1) is 0 Å². The van der Waals surface area contributed by atoms with Gasteiger partial charge in [0.05, 0.1) is 21.5 Å². The minimum Gasteiger partial charge on any atom is -0.306 e. The zero-order chi connectivity index (χ0) is 18.5. The van der Waals surface area contributed by atoms with E-state index in [9.17, 15) is 27.2 Å². The summed E-state index contributed by atoms with van der Waals surface area (Å²) in [5, 5.41) is -0.658. The van der Waals surface area contributed by atoms with Crippen molar-refractivity contribution >= 4 is 45.1 Å². The molecule has 130 valence electrons. The molecule has 0 bridgehead atoms. The minimum absolute atomic E-state index is 0.00570. The average molecular weight is 485 g/mol. The van der Waals surface area contributed by atoms with Crippen LogP contribution in [-0.2, 0) is 6.18 Å². The number of hydrogen-bond donors (Lipinski definition) is 2.